The number of likely N-dealkylation sites (tertiary alicyclic amines) is 1. The highest BCUT2D eigenvalue weighted by atomic mass is 32.2. The number of hydrogen-bond acceptors (Lipinski definition) is 3. The van der Waals surface area contributed by atoms with Crippen LogP contribution in [0, 0.1) is 5.92 Å². The van der Waals surface area contributed by atoms with Crippen molar-refractivity contribution >= 4 is 15.7 Å². The lowest BCUT2D eigenvalue weighted by Gasteiger charge is -2.51. The van der Waals surface area contributed by atoms with Crippen LogP contribution < -0.4 is 4.72 Å². The van der Waals surface area contributed by atoms with Gasteiger partial charge in [0.2, 0.25) is 10.0 Å². The van der Waals surface area contributed by atoms with E-state index in [1.54, 1.807) is 0 Å². The molecule has 2 bridgehead atoms. The maximum Gasteiger partial charge on any atom is 0.229 e. The van der Waals surface area contributed by atoms with Crippen LogP contribution in [0.5, 0.6) is 0 Å². The third kappa shape index (κ3) is 4.73. The Morgan fingerprint density at radius 2 is 1.96 bits per heavy atom. The van der Waals surface area contributed by atoms with E-state index in [-0.39, 0.29) is 5.41 Å². The number of anilines is 1. The average molecular weight is 405 g/mol. The van der Waals surface area contributed by atoms with E-state index in [0.29, 0.717) is 11.7 Å². The number of piperidine rings is 1. The number of fused-ring (bicyclic) bond motifs is 2. The summed E-state index contributed by atoms with van der Waals surface area (Å²) in [4.78, 5) is 2.77. The van der Waals surface area contributed by atoms with Crippen LogP contribution >= 0.6 is 0 Å². The molecular weight excluding hydrogens is 368 g/mol. The summed E-state index contributed by atoms with van der Waals surface area (Å²) in [5, 5.41) is 0. The van der Waals surface area contributed by atoms with E-state index in [4.69, 9.17) is 0 Å². The zero-order valence-electron chi connectivity index (χ0n) is 17.3. The van der Waals surface area contributed by atoms with E-state index in [9.17, 15) is 8.42 Å². The fourth-order valence-electron chi connectivity index (χ4n) is 6.12. The Bertz CT molecular complexity index is 773. The minimum absolute atomic E-state index is 0.236. The molecule has 1 aromatic rings. The van der Waals surface area contributed by atoms with E-state index in [1.807, 2.05) is 12.1 Å². The van der Waals surface area contributed by atoms with Crippen LogP contribution in [0.1, 0.15) is 76.2 Å². The molecule has 3 fully saturated rings. The molecule has 4 rings (SSSR count). The molecule has 2 aliphatic carbocycles. The van der Waals surface area contributed by atoms with Crippen molar-refractivity contribution in [1.82, 2.24) is 4.90 Å². The molecule has 1 heterocycles. The Hall–Kier alpha value is -1.07. The fourth-order valence-corrected chi connectivity index (χ4v) is 6.67. The molecule has 28 heavy (non-hydrogen) atoms. The van der Waals surface area contributed by atoms with Gasteiger partial charge in [0.05, 0.1) is 6.26 Å². The van der Waals surface area contributed by atoms with Gasteiger partial charge in [-0.25, -0.2) is 8.42 Å². The molecule has 1 saturated heterocycles. The second-order valence-electron chi connectivity index (χ2n) is 9.56. The maximum absolute atomic E-state index is 11.6. The van der Waals surface area contributed by atoms with Crippen molar-refractivity contribution in [3.63, 3.8) is 0 Å². The molecular formula is C23H36N2O2S. The van der Waals surface area contributed by atoms with Gasteiger partial charge in [0.15, 0.2) is 0 Å². The Morgan fingerprint density at radius 1 is 1.14 bits per heavy atom. The first-order chi connectivity index (χ1) is 13.4. The zero-order chi connectivity index (χ0) is 19.6. The lowest BCUT2D eigenvalue weighted by atomic mass is 9.63. The molecule has 1 aromatic carbocycles. The van der Waals surface area contributed by atoms with Gasteiger partial charge in [-0.05, 0) is 80.6 Å². The number of nitrogens with one attached hydrogen (secondary N) is 1. The van der Waals surface area contributed by atoms with Gasteiger partial charge in [0.25, 0.3) is 0 Å². The molecule has 0 radical (unpaired) electrons. The van der Waals surface area contributed by atoms with E-state index < -0.39 is 10.0 Å². The van der Waals surface area contributed by atoms with Gasteiger partial charge in [-0.2, -0.15) is 0 Å². The zero-order valence-corrected chi connectivity index (χ0v) is 18.1. The van der Waals surface area contributed by atoms with E-state index >= 15 is 0 Å². The van der Waals surface area contributed by atoms with E-state index in [1.165, 1.54) is 95.5 Å². The number of sulfonamides is 1. The van der Waals surface area contributed by atoms with E-state index in [2.05, 4.69) is 21.8 Å². The van der Waals surface area contributed by atoms with Crippen molar-refractivity contribution in [3.05, 3.63) is 29.8 Å². The topological polar surface area (TPSA) is 49.4 Å². The quantitative estimate of drug-likeness (QED) is 0.702. The number of nitrogens with zero attached hydrogens (tertiary/aromatic N) is 1. The molecule has 2 saturated carbocycles. The van der Waals surface area contributed by atoms with Crippen LogP contribution in [0.25, 0.3) is 0 Å². The smallest absolute Gasteiger partial charge is 0.229 e. The first-order valence-corrected chi connectivity index (χ1v) is 13.2. The molecule has 0 amide bonds. The SMILES string of the molecule is CS(=O)(=O)Nc1cccc(C23CCCC(C2)N(CCCC2CCCC2)CC3)c1. The van der Waals surface area contributed by atoms with Gasteiger partial charge in [0.1, 0.15) is 0 Å². The molecule has 5 heteroatoms. The molecule has 4 nitrogen and oxygen atoms in total. The average Bonchev–Trinajstić information content (AvgIpc) is 3.16. The molecule has 3 aliphatic rings. The minimum Gasteiger partial charge on any atom is -0.300 e. The van der Waals surface area contributed by atoms with Crippen molar-refractivity contribution in [2.24, 2.45) is 5.92 Å². The monoisotopic (exact) mass is 404 g/mol. The molecule has 1 aliphatic heterocycles. The summed E-state index contributed by atoms with van der Waals surface area (Å²) in [6, 6.07) is 8.87. The highest BCUT2D eigenvalue weighted by Gasteiger charge is 2.43. The number of benzene rings is 1. The van der Waals surface area contributed by atoms with Gasteiger partial charge in [-0.3, -0.25) is 4.72 Å². The Labute approximate surface area is 171 Å². The fraction of sp³-hybridized carbons (Fsp3) is 0.739. The first kappa shape index (κ1) is 20.2. The summed E-state index contributed by atoms with van der Waals surface area (Å²) in [5.74, 6) is 1.00. The summed E-state index contributed by atoms with van der Waals surface area (Å²) in [6.45, 7) is 2.46. The predicted octanol–water partition coefficient (Wildman–Crippen LogP) is 4.91. The summed E-state index contributed by atoms with van der Waals surface area (Å²) in [5.41, 5.74) is 2.27. The number of hydrogen-bond donors (Lipinski definition) is 1. The van der Waals surface area contributed by atoms with Crippen LogP contribution in [0.2, 0.25) is 0 Å². The molecule has 2 unspecified atom stereocenters. The summed E-state index contributed by atoms with van der Waals surface area (Å²) in [7, 11) is -3.23. The molecule has 2 atom stereocenters. The number of rotatable bonds is 7. The minimum atomic E-state index is -3.23. The standard InChI is InChI=1S/C23H36N2O2S/c1-28(26,27)24-21-11-4-10-20(17-21)23-13-5-12-22(18-23)25(16-14-23)15-6-9-19-7-2-3-8-19/h4,10-11,17,19,22,24H,2-3,5-9,12-16,18H2,1H3. The normalized spacial score (nSPS) is 29.1. The van der Waals surface area contributed by atoms with Gasteiger partial charge >= 0.3 is 0 Å². The first-order valence-electron chi connectivity index (χ1n) is 11.3. The third-order valence-corrected chi connectivity index (χ3v) is 8.13. The van der Waals surface area contributed by atoms with Crippen LogP contribution in [0.4, 0.5) is 5.69 Å². The molecule has 0 spiro atoms. The summed E-state index contributed by atoms with van der Waals surface area (Å²) in [6.07, 6.45) is 16.1. The van der Waals surface area contributed by atoms with Crippen molar-refractivity contribution in [1.29, 1.82) is 0 Å². The van der Waals surface area contributed by atoms with Gasteiger partial charge in [-0.1, -0.05) is 44.2 Å². The lowest BCUT2D eigenvalue weighted by Crippen LogP contribution is -2.51. The summed E-state index contributed by atoms with van der Waals surface area (Å²) < 4.78 is 25.9. The van der Waals surface area contributed by atoms with Gasteiger partial charge in [-0.15, -0.1) is 0 Å². The van der Waals surface area contributed by atoms with Crippen molar-refractivity contribution in [2.75, 3.05) is 24.1 Å². The Morgan fingerprint density at radius 3 is 2.75 bits per heavy atom. The van der Waals surface area contributed by atoms with Crippen LogP contribution in [0.3, 0.4) is 0 Å². The highest BCUT2D eigenvalue weighted by molar-refractivity contribution is 7.92. The lowest BCUT2D eigenvalue weighted by molar-refractivity contribution is 0.0496. The summed E-state index contributed by atoms with van der Waals surface area (Å²) >= 11 is 0. The van der Waals surface area contributed by atoms with Crippen LogP contribution in [0.15, 0.2) is 24.3 Å². The maximum atomic E-state index is 11.6. The third-order valence-electron chi connectivity index (χ3n) is 7.52. The largest absolute Gasteiger partial charge is 0.300 e. The van der Waals surface area contributed by atoms with Gasteiger partial charge in [0, 0.05) is 11.7 Å². The van der Waals surface area contributed by atoms with Crippen molar-refractivity contribution in [2.45, 2.75) is 82.1 Å². The van der Waals surface area contributed by atoms with E-state index in [0.717, 1.165) is 5.92 Å². The molecule has 1 N–H and O–H groups in total. The molecule has 0 aromatic heterocycles. The Balaban J connectivity index is 1.40. The highest BCUT2D eigenvalue weighted by Crippen LogP contribution is 2.47. The van der Waals surface area contributed by atoms with Crippen LogP contribution in [-0.4, -0.2) is 38.7 Å². The predicted molar refractivity (Wildman–Crippen MR) is 116 cm³/mol. The second-order valence-corrected chi connectivity index (χ2v) is 11.3. The second kappa shape index (κ2) is 8.35. The van der Waals surface area contributed by atoms with Crippen molar-refractivity contribution < 1.29 is 8.42 Å². The molecule has 156 valence electrons. The van der Waals surface area contributed by atoms with Crippen molar-refractivity contribution in [3.8, 4) is 0 Å². The van der Waals surface area contributed by atoms with Crippen LogP contribution in [-0.2, 0) is 15.4 Å². The Kier molecular flexibility index (Phi) is 6.03. The van der Waals surface area contributed by atoms with Gasteiger partial charge < -0.3 is 4.90 Å².